The predicted molar refractivity (Wildman–Crippen MR) is 144 cm³/mol. The normalized spacial score (nSPS) is 21.1. The van der Waals surface area contributed by atoms with E-state index in [4.69, 9.17) is 15.5 Å². The molecule has 1 aromatic heterocycles. The van der Waals surface area contributed by atoms with Crippen molar-refractivity contribution in [3.05, 3.63) is 50.7 Å². The van der Waals surface area contributed by atoms with Gasteiger partial charge < -0.3 is 20.3 Å². The number of aliphatic imine (C=N–C) groups is 1. The Morgan fingerprint density at radius 1 is 1.29 bits per heavy atom. The van der Waals surface area contributed by atoms with Gasteiger partial charge in [-0.25, -0.2) is 13.8 Å². The number of halogens is 2. The van der Waals surface area contributed by atoms with E-state index in [0.29, 0.717) is 21.9 Å². The van der Waals surface area contributed by atoms with Gasteiger partial charge in [0.15, 0.2) is 5.82 Å². The van der Waals surface area contributed by atoms with Gasteiger partial charge in [-0.3, -0.25) is 4.98 Å². The van der Waals surface area contributed by atoms with E-state index in [2.05, 4.69) is 34.5 Å². The maximum absolute atomic E-state index is 16.1. The quantitative estimate of drug-likeness (QED) is 0.468. The maximum atomic E-state index is 16.1. The molecule has 2 saturated heterocycles. The molecule has 0 radical (unpaired) electrons. The number of pyridine rings is 1. The van der Waals surface area contributed by atoms with E-state index in [1.165, 1.54) is 18.2 Å². The molecular weight excluding hydrogens is 506 g/mol. The molecule has 38 heavy (non-hydrogen) atoms. The fraction of sp³-hybridized carbons (Fsp3) is 0.393. The molecule has 10 heteroatoms. The largest absolute Gasteiger partial charge is 0.400 e. The maximum Gasteiger partial charge on any atom is 0.155 e. The highest BCUT2D eigenvalue weighted by Gasteiger charge is 2.47. The lowest BCUT2D eigenvalue weighted by atomic mass is 9.79. The first-order valence-corrected chi connectivity index (χ1v) is 13.5. The molecule has 0 bridgehead atoms. The van der Waals surface area contributed by atoms with Crippen molar-refractivity contribution in [3.63, 3.8) is 0 Å². The number of benzene rings is 1. The number of aromatic nitrogens is 1. The molecule has 196 valence electrons. The van der Waals surface area contributed by atoms with Crippen molar-refractivity contribution in [1.82, 2.24) is 14.8 Å². The van der Waals surface area contributed by atoms with Crippen molar-refractivity contribution < 1.29 is 13.5 Å². The Hall–Kier alpha value is -3.26. The van der Waals surface area contributed by atoms with Crippen LogP contribution >= 0.6 is 11.8 Å². The van der Waals surface area contributed by atoms with Gasteiger partial charge in [0.05, 0.1) is 35.6 Å². The first-order chi connectivity index (χ1) is 18.2. The molecule has 4 aliphatic rings. The van der Waals surface area contributed by atoms with Crippen molar-refractivity contribution in [2.24, 2.45) is 16.1 Å². The summed E-state index contributed by atoms with van der Waals surface area (Å²) in [6, 6.07) is 2.07. The number of nitrogens with two attached hydrogens (primary N) is 1. The third kappa shape index (κ3) is 3.83. The second kappa shape index (κ2) is 9.19. The summed E-state index contributed by atoms with van der Waals surface area (Å²) in [6.45, 7) is 10.6. The highest BCUT2D eigenvalue weighted by Crippen LogP contribution is 2.43. The Balaban J connectivity index is 1.44. The van der Waals surface area contributed by atoms with Crippen molar-refractivity contribution in [3.8, 4) is 17.3 Å². The summed E-state index contributed by atoms with van der Waals surface area (Å²) in [5.74, 6) is 0.00918. The number of likely N-dealkylation sites (tertiary alicyclic amines) is 2. The molecule has 6 rings (SSSR count). The minimum absolute atomic E-state index is 0.120. The van der Waals surface area contributed by atoms with Gasteiger partial charge in [-0.05, 0) is 38.1 Å². The first-order valence-electron chi connectivity index (χ1n) is 12.5. The third-order valence-corrected chi connectivity index (χ3v) is 9.24. The lowest BCUT2D eigenvalue weighted by Crippen LogP contribution is -2.58. The number of rotatable bonds is 2. The lowest BCUT2D eigenvalue weighted by molar-refractivity contribution is 0.0695. The predicted octanol–water partition coefficient (Wildman–Crippen LogP) is 2.56. The van der Waals surface area contributed by atoms with Gasteiger partial charge in [-0.15, -0.1) is 11.8 Å². The summed E-state index contributed by atoms with van der Waals surface area (Å²) in [5.41, 5.74) is 8.84. The van der Waals surface area contributed by atoms with E-state index in [1.807, 2.05) is 6.92 Å². The fourth-order valence-electron chi connectivity index (χ4n) is 6.07. The molecule has 1 aromatic carbocycles. The number of nitrogens with zero attached hydrogens (tertiary/aromatic N) is 5. The number of thioether (sulfide) groups is 1. The van der Waals surface area contributed by atoms with Crippen LogP contribution in [0.15, 0.2) is 21.8 Å². The fourth-order valence-corrected chi connectivity index (χ4v) is 7.05. The van der Waals surface area contributed by atoms with Gasteiger partial charge in [0, 0.05) is 64.3 Å². The number of hydrogen-bond donors (Lipinski definition) is 1. The average molecular weight is 535 g/mol. The van der Waals surface area contributed by atoms with E-state index in [1.54, 1.807) is 6.20 Å². The van der Waals surface area contributed by atoms with Gasteiger partial charge in [0.1, 0.15) is 17.7 Å². The summed E-state index contributed by atoms with van der Waals surface area (Å²) in [6.07, 6.45) is 3.94. The van der Waals surface area contributed by atoms with Gasteiger partial charge in [-0.2, -0.15) is 5.26 Å². The molecule has 2 aromatic rings. The lowest BCUT2D eigenvalue weighted by Gasteiger charge is -2.49. The molecule has 0 saturated carbocycles. The van der Waals surface area contributed by atoms with Crippen LogP contribution in [-0.4, -0.2) is 59.6 Å². The van der Waals surface area contributed by atoms with E-state index < -0.39 is 11.6 Å². The number of ether oxygens (including phenoxy) is 1. The Morgan fingerprint density at radius 3 is 2.76 bits per heavy atom. The van der Waals surface area contributed by atoms with Gasteiger partial charge in [0.2, 0.25) is 0 Å². The molecule has 0 amide bonds. The molecule has 1 spiro atoms. The van der Waals surface area contributed by atoms with Gasteiger partial charge >= 0.3 is 0 Å². The van der Waals surface area contributed by atoms with E-state index in [9.17, 15) is 9.65 Å². The van der Waals surface area contributed by atoms with E-state index in [-0.39, 0.29) is 51.5 Å². The van der Waals surface area contributed by atoms with Crippen molar-refractivity contribution in [2.45, 2.75) is 31.5 Å². The molecular formula is C28H28F2N6OS. The first kappa shape index (κ1) is 25.0. The molecule has 5 heterocycles. The Bertz CT molecular complexity index is 1590. The van der Waals surface area contributed by atoms with Crippen LogP contribution < -0.4 is 16.2 Å². The molecule has 0 atom stereocenters. The number of amidine groups is 1. The topological polar surface area (TPSA) is 90.8 Å². The number of fused-ring (bicyclic) bond motifs is 2. The summed E-state index contributed by atoms with van der Waals surface area (Å²) < 4.78 is 36.6. The Kier molecular flexibility index (Phi) is 6.05. The molecule has 2 N–H and O–H groups in total. The number of hydrogen-bond acceptors (Lipinski definition) is 7. The highest BCUT2D eigenvalue weighted by atomic mass is 32.2. The Labute approximate surface area is 224 Å². The monoisotopic (exact) mass is 534 g/mol. The van der Waals surface area contributed by atoms with Crippen LogP contribution in [0.25, 0.3) is 29.6 Å². The van der Waals surface area contributed by atoms with Gasteiger partial charge in [-0.1, -0.05) is 6.58 Å². The smallest absolute Gasteiger partial charge is 0.155 e. The Morgan fingerprint density at radius 2 is 2.05 bits per heavy atom. The second-order valence-electron chi connectivity index (χ2n) is 10.6. The summed E-state index contributed by atoms with van der Waals surface area (Å²) in [5, 5.41) is 10.5. The number of nitriles is 1. The van der Waals surface area contributed by atoms with Crippen LogP contribution in [0.4, 0.5) is 8.78 Å². The van der Waals surface area contributed by atoms with E-state index >= 15 is 4.39 Å². The van der Waals surface area contributed by atoms with Crippen molar-refractivity contribution >= 4 is 35.9 Å². The van der Waals surface area contributed by atoms with Crippen LogP contribution in [0.2, 0.25) is 0 Å². The number of allylic oxidation sites excluding steroid dienone is 1. The third-order valence-electron chi connectivity index (χ3n) is 8.09. The molecule has 0 aliphatic carbocycles. The molecule has 7 nitrogen and oxygen atoms in total. The van der Waals surface area contributed by atoms with Crippen LogP contribution in [0.5, 0.6) is 0 Å². The molecule has 0 unspecified atom stereocenters. The zero-order valence-corrected chi connectivity index (χ0v) is 22.2. The SMILES string of the molecule is C=c1c(F)c(-c2ncc(F)c3c2C(C#N)=C(N)CS3)c2c(/c1=C/N=C(C)N1CC3(CCN(C)C3)C1)COC2. The van der Waals surface area contributed by atoms with Crippen molar-refractivity contribution in [1.29, 1.82) is 5.26 Å². The summed E-state index contributed by atoms with van der Waals surface area (Å²) >= 11 is 1.18. The van der Waals surface area contributed by atoms with Gasteiger partial charge in [0.25, 0.3) is 0 Å². The average Bonchev–Trinajstić information content (AvgIpc) is 3.51. The summed E-state index contributed by atoms with van der Waals surface area (Å²) in [7, 11) is 2.16. The van der Waals surface area contributed by atoms with Crippen molar-refractivity contribution in [2.75, 3.05) is 39.0 Å². The minimum Gasteiger partial charge on any atom is -0.400 e. The van der Waals surface area contributed by atoms with Crippen LogP contribution in [0, 0.1) is 28.4 Å². The van der Waals surface area contributed by atoms with Crippen LogP contribution in [0.1, 0.15) is 30.0 Å². The zero-order chi connectivity index (χ0) is 26.8. The second-order valence-corrected chi connectivity index (χ2v) is 11.6. The van der Waals surface area contributed by atoms with Crippen LogP contribution in [-0.2, 0) is 18.0 Å². The summed E-state index contributed by atoms with van der Waals surface area (Å²) in [4.78, 5) is 13.8. The van der Waals surface area contributed by atoms with Crippen LogP contribution in [0.3, 0.4) is 0 Å². The molecule has 4 aliphatic heterocycles. The zero-order valence-electron chi connectivity index (χ0n) is 21.4. The minimum atomic E-state index is -0.585. The highest BCUT2D eigenvalue weighted by molar-refractivity contribution is 7.99. The molecule has 2 fully saturated rings. The standard InChI is InChI=1S/C28H28F2N6OS/c1-15-18(7-33-16(2)36-13-28(14-36)4-5-35(3)12-28)19-9-37-10-20(19)23(25(15)30)26-24-17(6-31)22(32)11-38-27(24)21(29)8-34-26/h7-8H,1,4-5,9-14,32H2,2-3H3/b18-7+,33-16?. The van der Waals surface area contributed by atoms with E-state index in [0.717, 1.165) is 43.8 Å².